The van der Waals surface area contributed by atoms with E-state index in [1.54, 1.807) is 0 Å². The van der Waals surface area contributed by atoms with Crippen LogP contribution in [-0.2, 0) is 4.74 Å². The SMILES string of the molecule is CC(NCC1CCOCC1)c1ccc(Br)cc1. The molecule has 0 aromatic heterocycles. The van der Waals surface area contributed by atoms with Crippen molar-refractivity contribution in [2.75, 3.05) is 19.8 Å². The van der Waals surface area contributed by atoms with Crippen LogP contribution in [0.25, 0.3) is 0 Å². The molecule has 1 fully saturated rings. The molecule has 0 spiro atoms. The normalized spacial score (nSPS) is 19.2. The predicted molar refractivity (Wildman–Crippen MR) is 74.1 cm³/mol. The number of rotatable bonds is 4. The average molecular weight is 298 g/mol. The van der Waals surface area contributed by atoms with Gasteiger partial charge in [-0.3, -0.25) is 0 Å². The van der Waals surface area contributed by atoms with E-state index in [1.165, 1.54) is 18.4 Å². The summed E-state index contributed by atoms with van der Waals surface area (Å²) < 4.78 is 6.51. The lowest BCUT2D eigenvalue weighted by atomic mass is 9.99. The third kappa shape index (κ3) is 4.09. The summed E-state index contributed by atoms with van der Waals surface area (Å²) in [5, 5.41) is 3.62. The zero-order valence-electron chi connectivity index (χ0n) is 10.3. The molecular formula is C14H20BrNO. The van der Waals surface area contributed by atoms with Crippen molar-refractivity contribution >= 4 is 15.9 Å². The van der Waals surface area contributed by atoms with Gasteiger partial charge < -0.3 is 10.1 Å². The summed E-state index contributed by atoms with van der Waals surface area (Å²) in [4.78, 5) is 0. The highest BCUT2D eigenvalue weighted by Gasteiger charge is 2.14. The second kappa shape index (κ2) is 6.53. The van der Waals surface area contributed by atoms with E-state index in [0.29, 0.717) is 6.04 Å². The molecule has 1 aromatic carbocycles. The number of halogens is 1. The molecule has 1 aliphatic rings. The molecule has 94 valence electrons. The molecule has 3 heteroatoms. The van der Waals surface area contributed by atoms with Crippen molar-refractivity contribution in [3.05, 3.63) is 34.3 Å². The zero-order chi connectivity index (χ0) is 12.1. The Morgan fingerprint density at radius 2 is 1.94 bits per heavy atom. The Balaban J connectivity index is 1.80. The van der Waals surface area contributed by atoms with Crippen LogP contribution in [0.2, 0.25) is 0 Å². The largest absolute Gasteiger partial charge is 0.381 e. The first-order valence-corrected chi connectivity index (χ1v) is 7.11. The molecule has 1 unspecified atom stereocenters. The molecule has 2 nitrogen and oxygen atoms in total. The smallest absolute Gasteiger partial charge is 0.0469 e. The minimum absolute atomic E-state index is 0.422. The highest BCUT2D eigenvalue weighted by atomic mass is 79.9. The Kier molecular flexibility index (Phi) is 5.01. The third-order valence-corrected chi connectivity index (χ3v) is 3.95. The van der Waals surface area contributed by atoms with Crippen LogP contribution in [0.4, 0.5) is 0 Å². The summed E-state index contributed by atoms with van der Waals surface area (Å²) in [6, 6.07) is 8.97. The van der Waals surface area contributed by atoms with Gasteiger partial charge in [0.15, 0.2) is 0 Å². The fourth-order valence-electron chi connectivity index (χ4n) is 2.16. The molecule has 1 N–H and O–H groups in total. The van der Waals surface area contributed by atoms with Gasteiger partial charge in [0.25, 0.3) is 0 Å². The standard InChI is InChI=1S/C14H20BrNO/c1-11(13-2-4-14(15)5-3-13)16-10-12-6-8-17-9-7-12/h2-5,11-12,16H,6-10H2,1H3. The second-order valence-electron chi connectivity index (χ2n) is 4.74. The number of ether oxygens (including phenoxy) is 1. The highest BCUT2D eigenvalue weighted by Crippen LogP contribution is 2.18. The van der Waals surface area contributed by atoms with Gasteiger partial charge >= 0.3 is 0 Å². The number of nitrogens with one attached hydrogen (secondary N) is 1. The molecule has 0 radical (unpaired) electrons. The second-order valence-corrected chi connectivity index (χ2v) is 5.65. The van der Waals surface area contributed by atoms with Gasteiger partial charge in [-0.1, -0.05) is 28.1 Å². The van der Waals surface area contributed by atoms with Crippen LogP contribution in [0.3, 0.4) is 0 Å². The summed E-state index contributed by atoms with van der Waals surface area (Å²) in [6.07, 6.45) is 2.39. The molecule has 17 heavy (non-hydrogen) atoms. The van der Waals surface area contributed by atoms with Crippen LogP contribution < -0.4 is 5.32 Å². The fraction of sp³-hybridized carbons (Fsp3) is 0.571. The van der Waals surface area contributed by atoms with Crippen molar-refractivity contribution in [1.29, 1.82) is 0 Å². The van der Waals surface area contributed by atoms with E-state index >= 15 is 0 Å². The van der Waals surface area contributed by atoms with Gasteiger partial charge in [-0.25, -0.2) is 0 Å². The lowest BCUT2D eigenvalue weighted by Gasteiger charge is -2.24. The molecule has 0 aliphatic carbocycles. The Bertz CT molecular complexity index is 333. The summed E-state index contributed by atoms with van der Waals surface area (Å²) in [5.41, 5.74) is 1.35. The van der Waals surface area contributed by atoms with Gasteiger partial charge in [-0.2, -0.15) is 0 Å². The van der Waals surface area contributed by atoms with Gasteiger partial charge in [0, 0.05) is 23.7 Å². The van der Waals surface area contributed by atoms with E-state index in [9.17, 15) is 0 Å². The first-order chi connectivity index (χ1) is 8.25. The van der Waals surface area contributed by atoms with Crippen LogP contribution in [0.15, 0.2) is 28.7 Å². The van der Waals surface area contributed by atoms with Gasteiger partial charge in [-0.05, 0) is 49.9 Å². The zero-order valence-corrected chi connectivity index (χ0v) is 11.9. The minimum atomic E-state index is 0.422. The van der Waals surface area contributed by atoms with E-state index in [2.05, 4.69) is 52.4 Å². The van der Waals surface area contributed by atoms with Crippen molar-refractivity contribution in [2.24, 2.45) is 5.92 Å². The summed E-state index contributed by atoms with van der Waals surface area (Å²) >= 11 is 3.46. The lowest BCUT2D eigenvalue weighted by molar-refractivity contribution is 0.0656. The van der Waals surface area contributed by atoms with Crippen LogP contribution >= 0.6 is 15.9 Å². The van der Waals surface area contributed by atoms with E-state index in [0.717, 1.165) is 30.1 Å². The van der Waals surface area contributed by atoms with E-state index in [4.69, 9.17) is 4.74 Å². The molecule has 1 aliphatic heterocycles. The maximum atomic E-state index is 5.37. The Morgan fingerprint density at radius 1 is 1.29 bits per heavy atom. The lowest BCUT2D eigenvalue weighted by Crippen LogP contribution is -2.29. The van der Waals surface area contributed by atoms with Crippen molar-refractivity contribution in [1.82, 2.24) is 5.32 Å². The van der Waals surface area contributed by atoms with Crippen molar-refractivity contribution < 1.29 is 4.74 Å². The molecular weight excluding hydrogens is 278 g/mol. The van der Waals surface area contributed by atoms with E-state index in [-0.39, 0.29) is 0 Å². The summed E-state index contributed by atoms with van der Waals surface area (Å²) in [5.74, 6) is 0.779. The van der Waals surface area contributed by atoms with E-state index in [1.807, 2.05) is 0 Å². The average Bonchev–Trinajstić information content (AvgIpc) is 2.38. The van der Waals surface area contributed by atoms with Crippen molar-refractivity contribution in [3.8, 4) is 0 Å². The highest BCUT2D eigenvalue weighted by molar-refractivity contribution is 9.10. The maximum absolute atomic E-state index is 5.37. The Labute approximate surface area is 112 Å². The quantitative estimate of drug-likeness (QED) is 0.918. The maximum Gasteiger partial charge on any atom is 0.0469 e. The molecule has 1 aromatic rings. The van der Waals surface area contributed by atoms with Crippen LogP contribution in [-0.4, -0.2) is 19.8 Å². The molecule has 2 rings (SSSR count). The number of hydrogen-bond donors (Lipinski definition) is 1. The summed E-state index contributed by atoms with van der Waals surface area (Å²) in [6.45, 7) is 5.18. The first-order valence-electron chi connectivity index (χ1n) is 6.32. The van der Waals surface area contributed by atoms with Crippen LogP contribution in [0.5, 0.6) is 0 Å². The molecule has 1 saturated heterocycles. The summed E-state index contributed by atoms with van der Waals surface area (Å²) in [7, 11) is 0. The monoisotopic (exact) mass is 297 g/mol. The van der Waals surface area contributed by atoms with Crippen molar-refractivity contribution in [2.45, 2.75) is 25.8 Å². The van der Waals surface area contributed by atoms with Crippen LogP contribution in [0, 0.1) is 5.92 Å². The Hall–Kier alpha value is -0.380. The molecule has 0 saturated carbocycles. The molecule has 1 atom stereocenters. The fourth-order valence-corrected chi connectivity index (χ4v) is 2.43. The number of hydrogen-bond acceptors (Lipinski definition) is 2. The Morgan fingerprint density at radius 3 is 2.59 bits per heavy atom. The predicted octanol–water partition coefficient (Wildman–Crippen LogP) is 3.53. The topological polar surface area (TPSA) is 21.3 Å². The van der Waals surface area contributed by atoms with E-state index < -0.39 is 0 Å². The molecule has 0 bridgehead atoms. The van der Waals surface area contributed by atoms with Crippen molar-refractivity contribution in [3.63, 3.8) is 0 Å². The minimum Gasteiger partial charge on any atom is -0.381 e. The third-order valence-electron chi connectivity index (χ3n) is 3.42. The first kappa shape index (κ1) is 13.1. The number of benzene rings is 1. The van der Waals surface area contributed by atoms with Gasteiger partial charge in [-0.15, -0.1) is 0 Å². The molecule has 0 amide bonds. The van der Waals surface area contributed by atoms with Gasteiger partial charge in [0.05, 0.1) is 0 Å². The van der Waals surface area contributed by atoms with Gasteiger partial charge in [0.2, 0.25) is 0 Å². The van der Waals surface area contributed by atoms with Crippen LogP contribution in [0.1, 0.15) is 31.4 Å². The molecule has 1 heterocycles. The van der Waals surface area contributed by atoms with Gasteiger partial charge in [0.1, 0.15) is 0 Å².